The van der Waals surface area contributed by atoms with Crippen molar-refractivity contribution < 1.29 is 4.79 Å². The number of carbonyl (C=O) groups is 1. The van der Waals surface area contributed by atoms with Gasteiger partial charge in [0, 0.05) is 16.8 Å². The maximum absolute atomic E-state index is 13.4. The van der Waals surface area contributed by atoms with E-state index < -0.39 is 0 Å². The summed E-state index contributed by atoms with van der Waals surface area (Å²) >= 11 is 0. The van der Waals surface area contributed by atoms with Crippen molar-refractivity contribution in [3.05, 3.63) is 69.9 Å². The predicted molar refractivity (Wildman–Crippen MR) is 107 cm³/mol. The van der Waals surface area contributed by atoms with Gasteiger partial charge >= 0.3 is 0 Å². The lowest BCUT2D eigenvalue weighted by atomic mass is 9.89. The molecule has 1 aliphatic rings. The first-order valence-corrected chi connectivity index (χ1v) is 9.34. The highest BCUT2D eigenvalue weighted by Gasteiger charge is 2.23. The molecule has 4 rings (SSSR count). The van der Waals surface area contributed by atoms with Crippen LogP contribution >= 0.6 is 0 Å². The summed E-state index contributed by atoms with van der Waals surface area (Å²) in [6.07, 6.45) is 4.16. The predicted octanol–water partition coefficient (Wildman–Crippen LogP) is 5.29. The third kappa shape index (κ3) is 2.88. The molecule has 0 unspecified atom stereocenters. The van der Waals surface area contributed by atoms with Crippen LogP contribution < -0.4 is 5.32 Å². The second-order valence-electron chi connectivity index (χ2n) is 7.36. The van der Waals surface area contributed by atoms with Gasteiger partial charge in [-0.2, -0.15) is 0 Å². The molecule has 1 aromatic heterocycles. The zero-order valence-corrected chi connectivity index (χ0v) is 15.6. The van der Waals surface area contributed by atoms with Gasteiger partial charge in [0.2, 0.25) is 0 Å². The van der Waals surface area contributed by atoms with Gasteiger partial charge < -0.3 is 5.32 Å². The Morgan fingerprint density at radius 3 is 2.46 bits per heavy atom. The summed E-state index contributed by atoms with van der Waals surface area (Å²) in [5.41, 5.74) is 8.29. The number of amides is 1. The van der Waals surface area contributed by atoms with Gasteiger partial charge in [-0.3, -0.25) is 9.78 Å². The fraction of sp³-hybridized carbons (Fsp3) is 0.304. The third-order valence-electron chi connectivity index (χ3n) is 5.31. The number of anilines is 1. The van der Waals surface area contributed by atoms with E-state index in [1.165, 1.54) is 5.56 Å². The highest BCUT2D eigenvalue weighted by Crippen LogP contribution is 2.31. The van der Waals surface area contributed by atoms with Crippen molar-refractivity contribution in [2.75, 3.05) is 5.32 Å². The highest BCUT2D eigenvalue weighted by atomic mass is 16.1. The van der Waals surface area contributed by atoms with Gasteiger partial charge in [0.05, 0.1) is 11.1 Å². The molecule has 0 aliphatic heterocycles. The van der Waals surface area contributed by atoms with Crippen molar-refractivity contribution in [2.24, 2.45) is 0 Å². The number of benzene rings is 2. The topological polar surface area (TPSA) is 42.0 Å². The number of hydrogen-bond donors (Lipinski definition) is 1. The molecule has 0 bridgehead atoms. The minimum Gasteiger partial charge on any atom is -0.321 e. The molecule has 132 valence electrons. The minimum atomic E-state index is -0.0168. The summed E-state index contributed by atoms with van der Waals surface area (Å²) in [5.74, 6) is -0.0168. The van der Waals surface area contributed by atoms with E-state index in [1.54, 1.807) is 0 Å². The molecule has 3 nitrogen and oxygen atoms in total. The van der Waals surface area contributed by atoms with Gasteiger partial charge in [0.15, 0.2) is 0 Å². The van der Waals surface area contributed by atoms with Crippen molar-refractivity contribution in [1.29, 1.82) is 0 Å². The van der Waals surface area contributed by atoms with Gasteiger partial charge in [-0.15, -0.1) is 0 Å². The molecule has 26 heavy (non-hydrogen) atoms. The van der Waals surface area contributed by atoms with E-state index >= 15 is 0 Å². The van der Waals surface area contributed by atoms with Crippen molar-refractivity contribution in [2.45, 2.75) is 46.5 Å². The number of pyridine rings is 1. The molecule has 0 saturated heterocycles. The van der Waals surface area contributed by atoms with E-state index in [0.29, 0.717) is 0 Å². The average molecular weight is 344 g/mol. The van der Waals surface area contributed by atoms with Crippen LogP contribution in [0.3, 0.4) is 0 Å². The van der Waals surface area contributed by atoms with E-state index in [-0.39, 0.29) is 5.91 Å². The zero-order valence-electron chi connectivity index (χ0n) is 15.6. The molecule has 3 heteroatoms. The molecule has 0 spiro atoms. The molecule has 0 saturated carbocycles. The standard InChI is InChI=1S/C23H24N2O/c1-14-12-15(2)22(16(3)13-14)25-23(26)21-17-8-4-6-10-19(17)24-20-11-7-5-9-18(20)21/h4,6,8,10,12-13H,5,7,9,11H2,1-3H3,(H,25,26). The Kier molecular flexibility index (Phi) is 4.23. The maximum Gasteiger partial charge on any atom is 0.256 e. The molecule has 3 aromatic rings. The zero-order chi connectivity index (χ0) is 18.3. The average Bonchev–Trinajstić information content (AvgIpc) is 2.62. The minimum absolute atomic E-state index is 0.0168. The number of carbonyl (C=O) groups excluding carboxylic acids is 1. The van der Waals surface area contributed by atoms with Crippen LogP contribution in [0, 0.1) is 20.8 Å². The molecular weight excluding hydrogens is 320 g/mol. The molecule has 1 aliphatic carbocycles. The number of fused-ring (bicyclic) bond motifs is 2. The molecule has 0 fully saturated rings. The van der Waals surface area contributed by atoms with Crippen LogP contribution in [-0.2, 0) is 12.8 Å². The summed E-state index contributed by atoms with van der Waals surface area (Å²) in [5, 5.41) is 4.15. The smallest absolute Gasteiger partial charge is 0.256 e. The van der Waals surface area contributed by atoms with Crippen LogP contribution in [0.15, 0.2) is 36.4 Å². The lowest BCUT2D eigenvalue weighted by Crippen LogP contribution is -2.20. The first-order valence-electron chi connectivity index (χ1n) is 9.34. The van der Waals surface area contributed by atoms with E-state index in [2.05, 4.69) is 38.2 Å². The van der Waals surface area contributed by atoms with Crippen LogP contribution in [0.1, 0.15) is 51.1 Å². The fourth-order valence-corrected chi connectivity index (χ4v) is 4.19. The molecule has 1 heterocycles. The number of hydrogen-bond acceptors (Lipinski definition) is 2. The SMILES string of the molecule is Cc1cc(C)c(NC(=O)c2c3c(nc4ccccc24)CCCC3)c(C)c1. The van der Waals surface area contributed by atoms with Crippen LogP contribution in [0.5, 0.6) is 0 Å². The monoisotopic (exact) mass is 344 g/mol. The Balaban J connectivity index is 1.85. The van der Waals surface area contributed by atoms with Gasteiger partial charge in [0.1, 0.15) is 0 Å². The first kappa shape index (κ1) is 16.8. The lowest BCUT2D eigenvalue weighted by molar-refractivity contribution is 0.102. The van der Waals surface area contributed by atoms with Crippen molar-refractivity contribution >= 4 is 22.5 Å². The molecular formula is C23H24N2O. The van der Waals surface area contributed by atoms with E-state index in [9.17, 15) is 4.79 Å². The van der Waals surface area contributed by atoms with Crippen molar-refractivity contribution in [3.8, 4) is 0 Å². The van der Waals surface area contributed by atoms with Crippen LogP contribution in [0.2, 0.25) is 0 Å². The van der Waals surface area contributed by atoms with Gasteiger partial charge in [0.25, 0.3) is 5.91 Å². The lowest BCUT2D eigenvalue weighted by Gasteiger charge is -2.21. The number of rotatable bonds is 2. The Bertz CT molecular complexity index is 997. The van der Waals surface area contributed by atoms with E-state index in [1.807, 2.05) is 24.3 Å². The molecule has 0 atom stereocenters. The van der Waals surface area contributed by atoms with Crippen LogP contribution in [0.25, 0.3) is 10.9 Å². The summed E-state index contributed by atoms with van der Waals surface area (Å²) in [6.45, 7) is 6.18. The van der Waals surface area contributed by atoms with Crippen LogP contribution in [-0.4, -0.2) is 10.9 Å². The summed E-state index contributed by atoms with van der Waals surface area (Å²) in [4.78, 5) is 18.2. The van der Waals surface area contributed by atoms with Crippen molar-refractivity contribution in [3.63, 3.8) is 0 Å². The first-order chi connectivity index (χ1) is 12.5. The summed E-state index contributed by atoms with van der Waals surface area (Å²) in [7, 11) is 0. The molecule has 1 N–H and O–H groups in total. The largest absolute Gasteiger partial charge is 0.321 e. The second kappa shape index (κ2) is 6.56. The molecule has 0 radical (unpaired) electrons. The van der Waals surface area contributed by atoms with Crippen LogP contribution in [0.4, 0.5) is 5.69 Å². The maximum atomic E-state index is 13.4. The number of para-hydroxylation sites is 1. The van der Waals surface area contributed by atoms with Crippen molar-refractivity contribution in [1.82, 2.24) is 4.98 Å². The Morgan fingerprint density at radius 2 is 1.69 bits per heavy atom. The van der Waals surface area contributed by atoms with E-state index in [4.69, 9.17) is 4.98 Å². The highest BCUT2D eigenvalue weighted by molar-refractivity contribution is 6.14. The molecule has 1 amide bonds. The second-order valence-corrected chi connectivity index (χ2v) is 7.36. The quantitative estimate of drug-likeness (QED) is 0.686. The van der Waals surface area contributed by atoms with Gasteiger partial charge in [-0.1, -0.05) is 35.9 Å². The van der Waals surface area contributed by atoms with Gasteiger partial charge in [-0.25, -0.2) is 0 Å². The molecule has 2 aromatic carbocycles. The summed E-state index contributed by atoms with van der Waals surface area (Å²) < 4.78 is 0. The summed E-state index contributed by atoms with van der Waals surface area (Å²) in [6, 6.07) is 12.2. The third-order valence-corrected chi connectivity index (χ3v) is 5.31. The Morgan fingerprint density at radius 1 is 1.00 bits per heavy atom. The number of aromatic nitrogens is 1. The number of aryl methyl sites for hydroxylation is 4. The fourth-order valence-electron chi connectivity index (χ4n) is 4.19. The number of nitrogens with zero attached hydrogens (tertiary/aromatic N) is 1. The van der Waals surface area contributed by atoms with E-state index in [0.717, 1.165) is 70.2 Å². The van der Waals surface area contributed by atoms with Gasteiger partial charge in [-0.05, 0) is 69.2 Å². The Labute approximate surface area is 154 Å². The normalized spacial score (nSPS) is 13.5. The number of nitrogens with one attached hydrogen (secondary N) is 1. The Hall–Kier alpha value is -2.68.